The van der Waals surface area contributed by atoms with Crippen LogP contribution in [0.1, 0.15) is 10.4 Å². The van der Waals surface area contributed by atoms with Gasteiger partial charge in [0, 0.05) is 11.4 Å². The maximum atomic E-state index is 5.81. The van der Waals surface area contributed by atoms with Gasteiger partial charge in [-0.1, -0.05) is 6.07 Å². The molecule has 0 bridgehead atoms. The molecule has 0 saturated carbocycles. The second kappa shape index (κ2) is 6.45. The fourth-order valence-corrected chi connectivity index (χ4v) is 2.35. The largest absolute Gasteiger partial charge is 0.493 e. The fraction of sp³-hybridized carbons (Fsp3) is 0.286. The van der Waals surface area contributed by atoms with Gasteiger partial charge in [0.2, 0.25) is 5.75 Å². The van der Waals surface area contributed by atoms with Gasteiger partial charge in [0.05, 0.1) is 14.2 Å². The summed E-state index contributed by atoms with van der Waals surface area (Å²) >= 11 is 1.65. The van der Waals surface area contributed by atoms with Crippen molar-refractivity contribution in [1.29, 1.82) is 0 Å². The highest BCUT2D eigenvalue weighted by Crippen LogP contribution is 2.39. The lowest BCUT2D eigenvalue weighted by Gasteiger charge is -2.15. The monoisotopic (exact) mass is 279 g/mol. The highest BCUT2D eigenvalue weighted by molar-refractivity contribution is 7.09. The molecule has 0 unspecified atom stereocenters. The summed E-state index contributed by atoms with van der Waals surface area (Å²) in [7, 11) is 3.21. The molecule has 19 heavy (non-hydrogen) atoms. The molecule has 2 N–H and O–H groups in total. The van der Waals surface area contributed by atoms with Crippen LogP contribution in [0, 0.1) is 0 Å². The average molecular weight is 279 g/mol. The minimum absolute atomic E-state index is 0.428. The Labute approximate surface area is 116 Å². The van der Waals surface area contributed by atoms with E-state index >= 15 is 0 Å². The van der Waals surface area contributed by atoms with Crippen LogP contribution >= 0.6 is 11.3 Å². The Morgan fingerprint density at radius 2 is 1.84 bits per heavy atom. The van der Waals surface area contributed by atoms with Crippen LogP contribution in [-0.2, 0) is 13.2 Å². The smallest absolute Gasteiger partial charge is 0.203 e. The SMILES string of the molecule is COc1cc(CN)cc(OC)c1OCc1cccs1. The van der Waals surface area contributed by atoms with Crippen LogP contribution in [0.25, 0.3) is 0 Å². The first-order valence-electron chi connectivity index (χ1n) is 5.88. The summed E-state index contributed by atoms with van der Waals surface area (Å²) in [6.45, 7) is 0.921. The normalized spacial score (nSPS) is 10.3. The van der Waals surface area contributed by atoms with E-state index in [1.807, 2.05) is 29.6 Å². The van der Waals surface area contributed by atoms with Gasteiger partial charge < -0.3 is 19.9 Å². The third kappa shape index (κ3) is 3.19. The lowest BCUT2D eigenvalue weighted by Crippen LogP contribution is -2.02. The van der Waals surface area contributed by atoms with E-state index in [4.69, 9.17) is 19.9 Å². The van der Waals surface area contributed by atoms with E-state index in [1.165, 1.54) is 0 Å². The van der Waals surface area contributed by atoms with Gasteiger partial charge >= 0.3 is 0 Å². The summed E-state index contributed by atoms with van der Waals surface area (Å²) in [4.78, 5) is 1.15. The first kappa shape index (κ1) is 13.7. The van der Waals surface area contributed by atoms with E-state index in [-0.39, 0.29) is 0 Å². The molecule has 1 aromatic carbocycles. The van der Waals surface area contributed by atoms with Crippen molar-refractivity contribution in [3.05, 3.63) is 40.1 Å². The van der Waals surface area contributed by atoms with Crippen LogP contribution in [-0.4, -0.2) is 14.2 Å². The van der Waals surface area contributed by atoms with Crippen molar-refractivity contribution in [2.75, 3.05) is 14.2 Å². The first-order chi connectivity index (χ1) is 9.28. The van der Waals surface area contributed by atoms with Gasteiger partial charge in [0.25, 0.3) is 0 Å². The van der Waals surface area contributed by atoms with Gasteiger partial charge in [-0.25, -0.2) is 0 Å². The molecular weight excluding hydrogens is 262 g/mol. The highest BCUT2D eigenvalue weighted by atomic mass is 32.1. The summed E-state index contributed by atoms with van der Waals surface area (Å²) in [5.74, 6) is 1.88. The van der Waals surface area contributed by atoms with E-state index in [2.05, 4.69) is 0 Å². The maximum absolute atomic E-state index is 5.81. The Kier molecular flexibility index (Phi) is 4.65. The number of hydrogen-bond acceptors (Lipinski definition) is 5. The Morgan fingerprint density at radius 3 is 2.32 bits per heavy atom. The van der Waals surface area contributed by atoms with Crippen molar-refractivity contribution in [3.63, 3.8) is 0 Å². The summed E-state index contributed by atoms with van der Waals surface area (Å²) < 4.78 is 16.5. The molecule has 0 aliphatic carbocycles. The molecular formula is C14H17NO3S. The van der Waals surface area contributed by atoms with Gasteiger partial charge in [-0.05, 0) is 29.1 Å². The number of hydrogen-bond donors (Lipinski definition) is 1. The van der Waals surface area contributed by atoms with E-state index in [1.54, 1.807) is 25.6 Å². The zero-order valence-electron chi connectivity index (χ0n) is 11.0. The molecule has 0 amide bonds. The molecule has 5 heteroatoms. The topological polar surface area (TPSA) is 53.7 Å². The van der Waals surface area contributed by atoms with E-state index in [0.29, 0.717) is 30.4 Å². The predicted octanol–water partition coefficient (Wildman–Crippen LogP) is 2.80. The Morgan fingerprint density at radius 1 is 1.16 bits per heavy atom. The predicted molar refractivity (Wildman–Crippen MR) is 76.1 cm³/mol. The lowest BCUT2D eigenvalue weighted by molar-refractivity contribution is 0.268. The number of nitrogens with two attached hydrogens (primary N) is 1. The maximum Gasteiger partial charge on any atom is 0.203 e. The molecule has 0 radical (unpaired) electrons. The second-order valence-electron chi connectivity index (χ2n) is 3.90. The number of ether oxygens (including phenoxy) is 3. The van der Waals surface area contributed by atoms with E-state index < -0.39 is 0 Å². The van der Waals surface area contributed by atoms with Gasteiger partial charge in [0.1, 0.15) is 6.61 Å². The second-order valence-corrected chi connectivity index (χ2v) is 4.93. The Balaban J connectivity index is 2.26. The van der Waals surface area contributed by atoms with Crippen molar-refractivity contribution >= 4 is 11.3 Å². The zero-order chi connectivity index (χ0) is 13.7. The highest BCUT2D eigenvalue weighted by Gasteiger charge is 2.14. The molecule has 102 valence electrons. The van der Waals surface area contributed by atoms with Gasteiger partial charge in [-0.3, -0.25) is 0 Å². The van der Waals surface area contributed by atoms with Crippen LogP contribution in [0.5, 0.6) is 17.2 Å². The van der Waals surface area contributed by atoms with Crippen molar-refractivity contribution in [3.8, 4) is 17.2 Å². The zero-order valence-corrected chi connectivity index (χ0v) is 11.8. The van der Waals surface area contributed by atoms with Crippen LogP contribution in [0.4, 0.5) is 0 Å². The van der Waals surface area contributed by atoms with E-state index in [0.717, 1.165) is 10.4 Å². The molecule has 2 aromatic rings. The fourth-order valence-electron chi connectivity index (χ4n) is 1.73. The van der Waals surface area contributed by atoms with Crippen molar-refractivity contribution in [2.24, 2.45) is 5.73 Å². The molecule has 1 heterocycles. The van der Waals surface area contributed by atoms with Crippen LogP contribution in [0.2, 0.25) is 0 Å². The number of rotatable bonds is 6. The number of methoxy groups -OCH3 is 2. The standard InChI is InChI=1S/C14H17NO3S/c1-16-12-6-10(8-15)7-13(17-2)14(12)18-9-11-4-3-5-19-11/h3-7H,8-9,15H2,1-2H3. The third-order valence-electron chi connectivity index (χ3n) is 2.69. The lowest BCUT2D eigenvalue weighted by atomic mass is 10.2. The summed E-state index contributed by atoms with van der Waals surface area (Å²) in [6.07, 6.45) is 0. The molecule has 0 spiro atoms. The van der Waals surface area contributed by atoms with Crippen LogP contribution < -0.4 is 19.9 Å². The van der Waals surface area contributed by atoms with Gasteiger partial charge in [-0.15, -0.1) is 11.3 Å². The van der Waals surface area contributed by atoms with Crippen molar-refractivity contribution in [2.45, 2.75) is 13.2 Å². The Bertz CT molecular complexity index is 500. The van der Waals surface area contributed by atoms with Gasteiger partial charge in [-0.2, -0.15) is 0 Å². The average Bonchev–Trinajstić information content (AvgIpc) is 2.97. The molecule has 2 rings (SSSR count). The Hall–Kier alpha value is -1.72. The molecule has 0 saturated heterocycles. The molecule has 4 nitrogen and oxygen atoms in total. The summed E-state index contributed by atoms with van der Waals surface area (Å²) in [5, 5.41) is 2.02. The summed E-state index contributed by atoms with van der Waals surface area (Å²) in [5.41, 5.74) is 6.59. The minimum Gasteiger partial charge on any atom is -0.493 e. The molecule has 0 fully saturated rings. The number of thiophene rings is 1. The third-order valence-corrected chi connectivity index (χ3v) is 3.54. The molecule has 1 aromatic heterocycles. The number of benzene rings is 1. The van der Waals surface area contributed by atoms with Crippen LogP contribution in [0.3, 0.4) is 0 Å². The molecule has 0 atom stereocenters. The van der Waals surface area contributed by atoms with Crippen molar-refractivity contribution in [1.82, 2.24) is 0 Å². The molecule has 0 aliphatic rings. The summed E-state index contributed by atoms with van der Waals surface area (Å²) in [6, 6.07) is 7.76. The molecule has 0 aliphatic heterocycles. The quantitative estimate of drug-likeness (QED) is 0.883. The van der Waals surface area contributed by atoms with Crippen LogP contribution in [0.15, 0.2) is 29.6 Å². The van der Waals surface area contributed by atoms with E-state index in [9.17, 15) is 0 Å². The minimum atomic E-state index is 0.428. The van der Waals surface area contributed by atoms with Crippen molar-refractivity contribution < 1.29 is 14.2 Å². The van der Waals surface area contributed by atoms with Gasteiger partial charge in [0.15, 0.2) is 11.5 Å². The first-order valence-corrected chi connectivity index (χ1v) is 6.76.